The van der Waals surface area contributed by atoms with E-state index in [9.17, 15) is 4.79 Å². The van der Waals surface area contributed by atoms with Gasteiger partial charge in [0.15, 0.2) is 10.0 Å². The number of hydrogen-bond donors (Lipinski definition) is 0. The van der Waals surface area contributed by atoms with Crippen LogP contribution in [0.2, 0.25) is 0 Å². The van der Waals surface area contributed by atoms with Gasteiger partial charge in [-0.1, -0.05) is 0 Å². The van der Waals surface area contributed by atoms with E-state index in [2.05, 4.69) is 9.97 Å². The molecule has 0 aliphatic rings. The minimum absolute atomic E-state index is 0.0683. The van der Waals surface area contributed by atoms with Gasteiger partial charge in [-0.05, 0) is 13.8 Å². The second-order valence-corrected chi connectivity index (χ2v) is 4.63. The van der Waals surface area contributed by atoms with Gasteiger partial charge in [0.05, 0.1) is 0 Å². The summed E-state index contributed by atoms with van der Waals surface area (Å²) in [6, 6.07) is 0. The topological polar surface area (TPSA) is 42.9 Å². The number of nitrogens with zero attached hydrogens (tertiary/aromatic N) is 2. The highest BCUT2D eigenvalue weighted by Gasteiger charge is 2.15. The van der Waals surface area contributed by atoms with Crippen LogP contribution in [0.15, 0.2) is 10.8 Å². The maximum absolute atomic E-state index is 11.8. The van der Waals surface area contributed by atoms with E-state index in [0.717, 1.165) is 11.4 Å². The molecular weight excluding hydrogens is 216 g/mol. The predicted molar refractivity (Wildman–Crippen MR) is 57.1 cm³/mol. The zero-order valence-corrected chi connectivity index (χ0v) is 9.41. The van der Waals surface area contributed by atoms with Gasteiger partial charge in [0.1, 0.15) is 0 Å². The van der Waals surface area contributed by atoms with Gasteiger partial charge in [-0.15, -0.1) is 22.7 Å². The number of carbonyl (C=O) groups excluding carboxylic acids is 1. The minimum Gasteiger partial charge on any atom is -0.283 e. The Kier molecular flexibility index (Phi) is 2.43. The Morgan fingerprint density at radius 1 is 1.07 bits per heavy atom. The summed E-state index contributed by atoms with van der Waals surface area (Å²) in [6.07, 6.45) is 0. The van der Waals surface area contributed by atoms with Crippen molar-refractivity contribution in [2.45, 2.75) is 13.8 Å². The zero-order chi connectivity index (χ0) is 10.1. The first kappa shape index (κ1) is 9.48. The lowest BCUT2D eigenvalue weighted by Gasteiger charge is -1.88. The third-order valence-corrected chi connectivity index (χ3v) is 3.54. The van der Waals surface area contributed by atoms with E-state index in [4.69, 9.17) is 0 Å². The number of ketones is 1. The van der Waals surface area contributed by atoms with Gasteiger partial charge in [0.2, 0.25) is 5.78 Å². The average molecular weight is 224 g/mol. The van der Waals surface area contributed by atoms with Crippen LogP contribution in [0.3, 0.4) is 0 Å². The number of hydrogen-bond acceptors (Lipinski definition) is 5. The van der Waals surface area contributed by atoms with Gasteiger partial charge < -0.3 is 0 Å². The Labute approximate surface area is 89.5 Å². The second kappa shape index (κ2) is 3.59. The number of rotatable bonds is 2. The first-order chi connectivity index (χ1) is 6.66. The molecule has 2 rings (SSSR count). The van der Waals surface area contributed by atoms with Crippen molar-refractivity contribution in [2.24, 2.45) is 0 Å². The monoisotopic (exact) mass is 224 g/mol. The summed E-state index contributed by atoms with van der Waals surface area (Å²) in [4.78, 5) is 20.0. The molecule has 0 N–H and O–H groups in total. The molecule has 14 heavy (non-hydrogen) atoms. The molecular formula is C9H8N2OS2. The van der Waals surface area contributed by atoms with Crippen molar-refractivity contribution in [3.05, 3.63) is 32.2 Å². The fourth-order valence-corrected chi connectivity index (χ4v) is 2.54. The van der Waals surface area contributed by atoms with E-state index in [1.165, 1.54) is 22.7 Å². The Hall–Kier alpha value is -1.07. The third-order valence-electron chi connectivity index (χ3n) is 1.63. The van der Waals surface area contributed by atoms with Gasteiger partial charge >= 0.3 is 0 Å². The van der Waals surface area contributed by atoms with Crippen molar-refractivity contribution < 1.29 is 4.79 Å². The molecule has 0 unspecified atom stereocenters. The van der Waals surface area contributed by atoms with Crippen molar-refractivity contribution in [3.8, 4) is 0 Å². The molecule has 0 radical (unpaired) electrons. The Morgan fingerprint density at radius 3 is 1.79 bits per heavy atom. The first-order valence-electron chi connectivity index (χ1n) is 4.06. The number of carbonyl (C=O) groups is 1. The lowest BCUT2D eigenvalue weighted by atomic mass is 10.4. The van der Waals surface area contributed by atoms with Gasteiger partial charge in [-0.3, -0.25) is 4.79 Å². The maximum atomic E-state index is 11.8. The minimum atomic E-state index is -0.0683. The SMILES string of the molecule is Cc1csc(C(=O)c2nc(C)cs2)n1. The van der Waals surface area contributed by atoms with Crippen LogP contribution >= 0.6 is 22.7 Å². The highest BCUT2D eigenvalue weighted by atomic mass is 32.1. The summed E-state index contributed by atoms with van der Waals surface area (Å²) in [5, 5.41) is 4.79. The van der Waals surface area contributed by atoms with E-state index in [-0.39, 0.29) is 5.78 Å². The van der Waals surface area contributed by atoms with Crippen molar-refractivity contribution >= 4 is 28.5 Å². The van der Waals surface area contributed by atoms with Crippen LogP contribution in [0, 0.1) is 13.8 Å². The van der Waals surface area contributed by atoms with E-state index < -0.39 is 0 Å². The summed E-state index contributed by atoms with van der Waals surface area (Å²) < 4.78 is 0. The predicted octanol–water partition coefficient (Wildman–Crippen LogP) is 2.45. The van der Waals surface area contributed by atoms with Gasteiger partial charge in [-0.25, -0.2) is 9.97 Å². The van der Waals surface area contributed by atoms with E-state index in [1.54, 1.807) is 0 Å². The number of aryl methyl sites for hydroxylation is 2. The van der Waals surface area contributed by atoms with Crippen LogP contribution in [-0.2, 0) is 0 Å². The normalized spacial score (nSPS) is 10.4. The van der Waals surface area contributed by atoms with Crippen molar-refractivity contribution in [1.29, 1.82) is 0 Å². The molecule has 2 heterocycles. The van der Waals surface area contributed by atoms with E-state index in [1.807, 2.05) is 24.6 Å². The van der Waals surface area contributed by atoms with Crippen LogP contribution in [-0.4, -0.2) is 15.8 Å². The molecule has 0 bridgehead atoms. The molecule has 0 aromatic carbocycles. The highest BCUT2D eigenvalue weighted by Crippen LogP contribution is 2.17. The summed E-state index contributed by atoms with van der Waals surface area (Å²) in [7, 11) is 0. The molecule has 2 aromatic heterocycles. The fourth-order valence-electron chi connectivity index (χ4n) is 1.01. The lowest BCUT2D eigenvalue weighted by molar-refractivity contribution is 0.103. The van der Waals surface area contributed by atoms with Crippen LogP contribution in [0.5, 0.6) is 0 Å². The molecule has 0 aliphatic heterocycles. The molecule has 72 valence electrons. The molecule has 0 atom stereocenters. The quantitative estimate of drug-likeness (QED) is 0.736. The van der Waals surface area contributed by atoms with Gasteiger partial charge in [0.25, 0.3) is 0 Å². The van der Waals surface area contributed by atoms with Crippen molar-refractivity contribution in [3.63, 3.8) is 0 Å². The molecule has 0 saturated heterocycles. The van der Waals surface area contributed by atoms with Crippen LogP contribution in [0.25, 0.3) is 0 Å². The molecule has 2 aromatic rings. The number of aromatic nitrogens is 2. The summed E-state index contributed by atoms with van der Waals surface area (Å²) in [5.41, 5.74) is 1.76. The largest absolute Gasteiger partial charge is 0.283 e. The maximum Gasteiger partial charge on any atom is 0.250 e. The van der Waals surface area contributed by atoms with Crippen LogP contribution in [0.4, 0.5) is 0 Å². The number of thiazole rings is 2. The Bertz CT molecular complexity index is 430. The lowest BCUT2D eigenvalue weighted by Crippen LogP contribution is -1.99. The molecule has 0 saturated carbocycles. The van der Waals surface area contributed by atoms with Crippen molar-refractivity contribution in [2.75, 3.05) is 0 Å². The van der Waals surface area contributed by atoms with Crippen LogP contribution < -0.4 is 0 Å². The smallest absolute Gasteiger partial charge is 0.250 e. The highest BCUT2D eigenvalue weighted by molar-refractivity contribution is 7.15. The second-order valence-electron chi connectivity index (χ2n) is 2.92. The van der Waals surface area contributed by atoms with Crippen molar-refractivity contribution in [1.82, 2.24) is 9.97 Å². The van der Waals surface area contributed by atoms with Crippen LogP contribution in [0.1, 0.15) is 26.2 Å². The molecule has 0 spiro atoms. The molecule has 3 nitrogen and oxygen atoms in total. The zero-order valence-electron chi connectivity index (χ0n) is 7.77. The summed E-state index contributed by atoms with van der Waals surface area (Å²) in [5.74, 6) is -0.0683. The Morgan fingerprint density at radius 2 is 1.50 bits per heavy atom. The van der Waals surface area contributed by atoms with E-state index in [0.29, 0.717) is 10.0 Å². The molecule has 0 amide bonds. The van der Waals surface area contributed by atoms with E-state index >= 15 is 0 Å². The van der Waals surface area contributed by atoms with Gasteiger partial charge in [-0.2, -0.15) is 0 Å². The molecule has 0 fully saturated rings. The third kappa shape index (κ3) is 1.73. The molecule has 5 heteroatoms. The first-order valence-corrected chi connectivity index (χ1v) is 5.81. The fraction of sp³-hybridized carbons (Fsp3) is 0.222. The average Bonchev–Trinajstić information content (AvgIpc) is 2.73. The molecule has 0 aliphatic carbocycles. The summed E-state index contributed by atoms with van der Waals surface area (Å²) in [6.45, 7) is 3.75. The standard InChI is InChI=1S/C9H8N2OS2/c1-5-3-13-8(10-5)7(12)9-11-6(2)4-14-9/h3-4H,1-2H3. The Balaban J connectivity index is 2.33. The summed E-state index contributed by atoms with van der Waals surface area (Å²) >= 11 is 2.74. The van der Waals surface area contributed by atoms with Gasteiger partial charge in [0, 0.05) is 22.1 Å².